The van der Waals surface area contributed by atoms with Crippen molar-refractivity contribution in [1.29, 1.82) is 15.8 Å². The summed E-state index contributed by atoms with van der Waals surface area (Å²) in [6, 6.07) is 39.5. The molecule has 266 valence electrons. The van der Waals surface area contributed by atoms with E-state index in [1.807, 2.05) is 6.07 Å². The van der Waals surface area contributed by atoms with Crippen molar-refractivity contribution < 1.29 is 38.9 Å². The predicted octanol–water partition coefficient (Wildman–Crippen LogP) is 4.85. The highest BCUT2D eigenvalue weighted by atomic mass is 16.6. The molecule has 5 N–H and O–H groups in total. The molecular weight excluding hydrogens is 697 g/mol. The van der Waals surface area contributed by atoms with Crippen LogP contribution in [0.15, 0.2) is 127 Å². The molecule has 55 heavy (non-hydrogen) atoms. The van der Waals surface area contributed by atoms with Gasteiger partial charge >= 0.3 is 21.4 Å². The number of hydrogen-bond acceptors (Lipinski definition) is 12. The number of benzene rings is 6. The van der Waals surface area contributed by atoms with Crippen molar-refractivity contribution in [3.8, 4) is 52.7 Å². The van der Waals surface area contributed by atoms with Crippen LogP contribution in [-0.2, 0) is 9.14 Å². The van der Waals surface area contributed by atoms with Crippen molar-refractivity contribution in [3.05, 3.63) is 150 Å². The maximum Gasteiger partial charge on any atom is 0.481 e. The lowest BCUT2D eigenvalue weighted by atomic mass is 9.66. The van der Waals surface area contributed by atoms with Gasteiger partial charge in [0.25, 0.3) is 0 Å². The molecule has 0 atom stereocenters. The van der Waals surface area contributed by atoms with E-state index < -0.39 is 21.4 Å². The highest BCUT2D eigenvalue weighted by Crippen LogP contribution is 2.26. The zero-order valence-electron chi connectivity index (χ0n) is 29.1. The standard InChI is InChI=1S/C40H29B3N4O8/c1-26-20-34(52-32-11-4-28(24-45)5-12-32)15-18-36(26)43(54-41(50)37-17-10-31(21-39(37)48)47-30-8-2-27(23-44)3-9-30)55-42(51)38-19-16-35(22-40(38)49)53-33-13-6-29(25-46)7-14-33/h2-22,47-51H,1H3. The van der Waals surface area contributed by atoms with E-state index in [0.29, 0.717) is 56.3 Å². The van der Waals surface area contributed by atoms with Crippen LogP contribution in [0.2, 0.25) is 0 Å². The third-order valence-electron chi connectivity index (χ3n) is 8.31. The van der Waals surface area contributed by atoms with Gasteiger partial charge in [0.15, 0.2) is 0 Å². The first-order valence-electron chi connectivity index (χ1n) is 16.7. The number of rotatable bonds is 13. The van der Waals surface area contributed by atoms with Crippen molar-refractivity contribution in [2.24, 2.45) is 0 Å². The van der Waals surface area contributed by atoms with E-state index in [2.05, 4.69) is 17.5 Å². The minimum atomic E-state index is -1.78. The molecule has 0 saturated heterocycles. The maximum absolute atomic E-state index is 11.3. The van der Waals surface area contributed by atoms with Crippen molar-refractivity contribution in [2.45, 2.75) is 6.92 Å². The first kappa shape index (κ1) is 37.6. The number of anilines is 2. The average molecular weight is 726 g/mol. The summed E-state index contributed by atoms with van der Waals surface area (Å²) in [5.41, 5.74) is 3.53. The van der Waals surface area contributed by atoms with Gasteiger partial charge in [-0.15, -0.1) is 0 Å². The first-order chi connectivity index (χ1) is 26.6. The summed E-state index contributed by atoms with van der Waals surface area (Å²) in [6.45, 7) is 1.74. The number of nitrogens with zero attached hydrogens (tertiary/aromatic N) is 3. The molecule has 0 heterocycles. The minimum absolute atomic E-state index is 0.000887. The highest BCUT2D eigenvalue weighted by Gasteiger charge is 2.36. The number of ether oxygens (including phenoxy) is 2. The van der Waals surface area contributed by atoms with E-state index in [-0.39, 0.29) is 28.2 Å². The summed E-state index contributed by atoms with van der Waals surface area (Å²) in [5, 5.41) is 74.6. The number of nitrogens with one attached hydrogen (secondary N) is 1. The largest absolute Gasteiger partial charge is 0.508 e. The van der Waals surface area contributed by atoms with Crippen LogP contribution in [0.4, 0.5) is 11.4 Å². The zero-order valence-corrected chi connectivity index (χ0v) is 29.1. The van der Waals surface area contributed by atoms with Crippen LogP contribution >= 0.6 is 0 Å². The van der Waals surface area contributed by atoms with Gasteiger partial charge in [-0.05, 0) is 115 Å². The Labute approximate surface area is 317 Å². The van der Waals surface area contributed by atoms with E-state index in [1.54, 1.807) is 104 Å². The molecule has 0 spiro atoms. The van der Waals surface area contributed by atoms with Gasteiger partial charge in [-0.3, -0.25) is 0 Å². The number of aryl methyl sites for hydroxylation is 1. The Morgan fingerprint density at radius 2 is 0.891 bits per heavy atom. The third-order valence-corrected chi connectivity index (χ3v) is 8.31. The lowest BCUT2D eigenvalue weighted by molar-refractivity contribution is 0.354. The monoisotopic (exact) mass is 726 g/mol. The van der Waals surface area contributed by atoms with Crippen molar-refractivity contribution >= 4 is 49.1 Å². The van der Waals surface area contributed by atoms with Crippen LogP contribution < -0.4 is 31.2 Å². The summed E-state index contributed by atoms with van der Waals surface area (Å²) in [4.78, 5) is 0. The Bertz CT molecular complexity index is 2310. The SMILES string of the molecule is Cc1cc(Oc2ccc(C#N)cc2)ccc1B(OB(O)c1ccc(Nc2ccc(C#N)cc2)cc1O)OB(O)c1ccc(Oc2ccc(C#N)cc2)cc1O. The zero-order chi connectivity index (χ0) is 38.9. The normalized spacial score (nSPS) is 10.3. The number of nitriles is 3. The van der Waals surface area contributed by atoms with Gasteiger partial charge in [-0.2, -0.15) is 15.8 Å². The van der Waals surface area contributed by atoms with Crippen LogP contribution in [0.1, 0.15) is 22.3 Å². The number of phenols is 2. The Kier molecular flexibility index (Phi) is 11.7. The number of hydrogen-bond donors (Lipinski definition) is 5. The molecule has 0 aromatic heterocycles. The predicted molar refractivity (Wildman–Crippen MR) is 207 cm³/mol. The van der Waals surface area contributed by atoms with Crippen LogP contribution in [0.25, 0.3) is 0 Å². The highest BCUT2D eigenvalue weighted by molar-refractivity contribution is 6.79. The Balaban J connectivity index is 1.23. The van der Waals surface area contributed by atoms with Crippen LogP contribution in [-0.4, -0.2) is 41.6 Å². The lowest BCUT2D eigenvalue weighted by Crippen LogP contribution is -2.52. The summed E-state index contributed by atoms with van der Waals surface area (Å²) in [6.07, 6.45) is 0. The lowest BCUT2D eigenvalue weighted by Gasteiger charge is -2.22. The van der Waals surface area contributed by atoms with Gasteiger partial charge < -0.3 is 44.2 Å². The van der Waals surface area contributed by atoms with Crippen molar-refractivity contribution in [2.75, 3.05) is 5.32 Å². The first-order valence-corrected chi connectivity index (χ1v) is 16.7. The molecule has 6 aromatic carbocycles. The molecule has 0 amide bonds. The minimum Gasteiger partial charge on any atom is -0.508 e. The van der Waals surface area contributed by atoms with Gasteiger partial charge in [-0.1, -0.05) is 18.2 Å². The summed E-state index contributed by atoms with van der Waals surface area (Å²) in [7, 11) is -4.99. The van der Waals surface area contributed by atoms with Gasteiger partial charge in [0, 0.05) is 34.4 Å². The number of aromatic hydroxyl groups is 2. The Morgan fingerprint density at radius 3 is 1.35 bits per heavy atom. The number of phenolic OH excluding ortho intramolecular Hbond substituents is 2. The van der Waals surface area contributed by atoms with Crippen LogP contribution in [0.5, 0.6) is 34.5 Å². The smallest absolute Gasteiger partial charge is 0.481 e. The maximum atomic E-state index is 11.3. The second kappa shape index (κ2) is 17.1. The van der Waals surface area contributed by atoms with Gasteiger partial charge in [0.1, 0.15) is 34.5 Å². The topological polar surface area (TPSA) is 201 Å². The molecule has 0 radical (unpaired) electrons. The molecule has 0 bridgehead atoms. The third kappa shape index (κ3) is 9.44. The van der Waals surface area contributed by atoms with Crippen molar-refractivity contribution in [1.82, 2.24) is 0 Å². The fourth-order valence-corrected chi connectivity index (χ4v) is 5.42. The second-order valence-electron chi connectivity index (χ2n) is 12.1. The second-order valence-corrected chi connectivity index (χ2v) is 12.1. The molecule has 6 rings (SSSR count). The quantitative estimate of drug-likeness (QED) is 0.102. The molecule has 0 aliphatic carbocycles. The average Bonchev–Trinajstić information content (AvgIpc) is 3.18. The van der Waals surface area contributed by atoms with Crippen LogP contribution in [0, 0.1) is 40.9 Å². The molecule has 0 fully saturated rings. The summed E-state index contributed by atoms with van der Waals surface area (Å²) < 4.78 is 23.7. The molecule has 0 saturated carbocycles. The fourth-order valence-electron chi connectivity index (χ4n) is 5.42. The molecule has 0 unspecified atom stereocenters. The molecule has 15 heteroatoms. The molecule has 0 aliphatic rings. The van der Waals surface area contributed by atoms with E-state index in [9.17, 15) is 20.3 Å². The molecule has 0 aliphatic heterocycles. The Morgan fingerprint density at radius 1 is 0.491 bits per heavy atom. The van der Waals surface area contributed by atoms with E-state index in [1.165, 1.54) is 30.3 Å². The van der Waals surface area contributed by atoms with Gasteiger partial charge in [0.2, 0.25) is 0 Å². The van der Waals surface area contributed by atoms with E-state index in [0.717, 1.165) is 0 Å². The summed E-state index contributed by atoms with van der Waals surface area (Å²) in [5.74, 6) is 0.962. The molecule has 12 nitrogen and oxygen atoms in total. The Hall–Kier alpha value is -7.18. The fraction of sp³-hybridized carbons (Fsp3) is 0.0250. The van der Waals surface area contributed by atoms with E-state index in [4.69, 9.17) is 34.4 Å². The van der Waals surface area contributed by atoms with Gasteiger partial charge in [0.05, 0.1) is 34.9 Å². The van der Waals surface area contributed by atoms with Gasteiger partial charge in [-0.25, -0.2) is 0 Å². The molecule has 6 aromatic rings. The molecular formula is C40H29B3N4O8. The van der Waals surface area contributed by atoms with Crippen LogP contribution in [0.3, 0.4) is 0 Å². The summed E-state index contributed by atoms with van der Waals surface area (Å²) >= 11 is 0. The van der Waals surface area contributed by atoms with E-state index >= 15 is 0 Å². The van der Waals surface area contributed by atoms with Crippen molar-refractivity contribution in [3.63, 3.8) is 0 Å².